The smallest absolute Gasteiger partial charge is 0.165 e. The Hall–Kier alpha value is -3.41. The highest BCUT2D eigenvalue weighted by molar-refractivity contribution is 9.10. The van der Waals surface area contributed by atoms with Crippen molar-refractivity contribution in [1.82, 2.24) is 15.0 Å². The van der Waals surface area contributed by atoms with E-state index in [1.807, 2.05) is 60.7 Å². The van der Waals surface area contributed by atoms with Gasteiger partial charge in [0.25, 0.3) is 0 Å². The molecule has 0 aliphatic rings. The van der Waals surface area contributed by atoms with E-state index in [9.17, 15) is 0 Å². The van der Waals surface area contributed by atoms with Gasteiger partial charge in [-0.1, -0.05) is 94.8 Å². The van der Waals surface area contributed by atoms with E-state index in [1.54, 1.807) is 11.3 Å². The van der Waals surface area contributed by atoms with E-state index in [0.29, 0.717) is 17.5 Å². The molecule has 0 fully saturated rings. The second-order valence-electron chi connectivity index (χ2n) is 7.47. The molecule has 2 heterocycles. The number of hydrogen-bond acceptors (Lipinski definition) is 4. The summed E-state index contributed by atoms with van der Waals surface area (Å²) in [6, 6.07) is 32.9. The predicted octanol–water partition coefficient (Wildman–Crippen LogP) is 8.00. The molecule has 5 heteroatoms. The number of halogens is 1. The van der Waals surface area contributed by atoms with E-state index in [0.717, 1.165) is 21.2 Å². The van der Waals surface area contributed by atoms with Crippen molar-refractivity contribution in [1.29, 1.82) is 0 Å². The first-order chi connectivity index (χ1) is 15.8. The molecule has 3 nitrogen and oxygen atoms in total. The highest BCUT2D eigenvalue weighted by Gasteiger charge is 2.17. The van der Waals surface area contributed by atoms with Crippen molar-refractivity contribution >= 4 is 47.4 Å². The molecule has 0 atom stereocenters. The Morgan fingerprint density at radius 3 is 1.78 bits per heavy atom. The number of aromatic nitrogens is 3. The molecule has 0 unspecified atom stereocenters. The molecule has 2 aromatic heterocycles. The lowest BCUT2D eigenvalue weighted by Crippen LogP contribution is -2.00. The summed E-state index contributed by atoms with van der Waals surface area (Å²) in [5, 5.41) is 2.45. The summed E-state index contributed by atoms with van der Waals surface area (Å²) in [5.74, 6) is 2.02. The van der Waals surface area contributed by atoms with Crippen molar-refractivity contribution in [2.24, 2.45) is 0 Å². The van der Waals surface area contributed by atoms with E-state index < -0.39 is 0 Å². The number of hydrogen-bond donors (Lipinski definition) is 0. The van der Waals surface area contributed by atoms with Gasteiger partial charge in [0.05, 0.1) is 0 Å². The minimum atomic E-state index is 0.670. The van der Waals surface area contributed by atoms with Crippen LogP contribution in [0.4, 0.5) is 0 Å². The minimum Gasteiger partial charge on any atom is -0.208 e. The van der Waals surface area contributed by atoms with Crippen molar-refractivity contribution in [3.05, 3.63) is 102 Å². The van der Waals surface area contributed by atoms with E-state index >= 15 is 0 Å². The first-order valence-electron chi connectivity index (χ1n) is 10.2. The van der Waals surface area contributed by atoms with Gasteiger partial charge in [-0.3, -0.25) is 0 Å². The summed E-state index contributed by atoms with van der Waals surface area (Å²) in [6.07, 6.45) is 0. The van der Waals surface area contributed by atoms with Gasteiger partial charge in [0.15, 0.2) is 17.5 Å². The van der Waals surface area contributed by atoms with E-state index in [2.05, 4.69) is 52.3 Å². The standard InChI is InChI=1S/C27H16BrN3S/c28-19-15-21-20-13-7-8-14-23(20)32-24(21)22(16-19)27-30-25(17-9-3-1-4-10-17)29-26(31-27)18-11-5-2-6-12-18/h1-16H. The van der Waals surface area contributed by atoms with Gasteiger partial charge >= 0.3 is 0 Å². The molecule has 0 N–H and O–H groups in total. The molecule has 0 amide bonds. The minimum absolute atomic E-state index is 0.670. The zero-order chi connectivity index (χ0) is 21.5. The highest BCUT2D eigenvalue weighted by atomic mass is 79.9. The van der Waals surface area contributed by atoms with Crippen LogP contribution in [0, 0.1) is 0 Å². The molecule has 0 saturated heterocycles. The Bertz CT molecular complexity index is 1520. The predicted molar refractivity (Wildman–Crippen MR) is 137 cm³/mol. The van der Waals surface area contributed by atoms with Gasteiger partial charge in [0.2, 0.25) is 0 Å². The molecule has 0 saturated carbocycles. The van der Waals surface area contributed by atoms with Crippen LogP contribution in [0.25, 0.3) is 54.3 Å². The number of nitrogens with zero attached hydrogens (tertiary/aromatic N) is 3. The third-order valence-electron chi connectivity index (χ3n) is 5.38. The van der Waals surface area contributed by atoms with Crippen molar-refractivity contribution < 1.29 is 0 Å². The molecule has 0 bridgehead atoms. The maximum atomic E-state index is 4.92. The summed E-state index contributed by atoms with van der Waals surface area (Å²) in [4.78, 5) is 14.7. The zero-order valence-electron chi connectivity index (χ0n) is 16.9. The van der Waals surface area contributed by atoms with Gasteiger partial charge in [-0.25, -0.2) is 15.0 Å². The van der Waals surface area contributed by atoms with Crippen LogP contribution >= 0.6 is 27.3 Å². The number of benzene rings is 4. The van der Waals surface area contributed by atoms with E-state index in [-0.39, 0.29) is 0 Å². The first kappa shape index (κ1) is 19.3. The van der Waals surface area contributed by atoms with E-state index in [1.165, 1.54) is 20.2 Å². The molecule has 32 heavy (non-hydrogen) atoms. The molecular formula is C27H16BrN3S. The first-order valence-corrected chi connectivity index (χ1v) is 11.9. The lowest BCUT2D eigenvalue weighted by Gasteiger charge is -2.09. The normalized spacial score (nSPS) is 11.3. The topological polar surface area (TPSA) is 38.7 Å². The van der Waals surface area contributed by atoms with Crippen LogP contribution in [-0.4, -0.2) is 15.0 Å². The molecule has 0 aliphatic heterocycles. The van der Waals surface area contributed by atoms with Crippen molar-refractivity contribution in [2.75, 3.05) is 0 Å². The summed E-state index contributed by atoms with van der Waals surface area (Å²) < 4.78 is 3.44. The molecule has 152 valence electrons. The summed E-state index contributed by atoms with van der Waals surface area (Å²) in [7, 11) is 0. The van der Waals surface area contributed by atoms with Gasteiger partial charge in [0.1, 0.15) is 0 Å². The van der Waals surface area contributed by atoms with Crippen LogP contribution in [0.1, 0.15) is 0 Å². The number of fused-ring (bicyclic) bond motifs is 3. The monoisotopic (exact) mass is 493 g/mol. The van der Waals surface area contributed by atoms with Crippen molar-refractivity contribution in [2.45, 2.75) is 0 Å². The molecule has 0 spiro atoms. The average Bonchev–Trinajstić information content (AvgIpc) is 3.23. The Balaban J connectivity index is 1.66. The molecule has 6 rings (SSSR count). The molecule has 6 aromatic rings. The quantitative estimate of drug-likeness (QED) is 0.250. The summed E-state index contributed by atoms with van der Waals surface area (Å²) in [5.41, 5.74) is 2.94. The van der Waals surface area contributed by atoms with Gasteiger partial charge in [-0.05, 0) is 18.2 Å². The fourth-order valence-corrected chi connectivity index (χ4v) is 5.54. The molecular weight excluding hydrogens is 478 g/mol. The van der Waals surface area contributed by atoms with Crippen molar-refractivity contribution in [3.8, 4) is 34.2 Å². The Labute approximate surface area is 197 Å². The Morgan fingerprint density at radius 2 is 1.12 bits per heavy atom. The zero-order valence-corrected chi connectivity index (χ0v) is 19.3. The number of rotatable bonds is 3. The van der Waals surface area contributed by atoms with Crippen LogP contribution in [0.2, 0.25) is 0 Å². The average molecular weight is 494 g/mol. The van der Waals surface area contributed by atoms with Crippen molar-refractivity contribution in [3.63, 3.8) is 0 Å². The largest absolute Gasteiger partial charge is 0.208 e. The van der Waals surface area contributed by atoms with Crippen LogP contribution in [-0.2, 0) is 0 Å². The molecule has 0 aliphatic carbocycles. The van der Waals surface area contributed by atoms with Crippen LogP contribution < -0.4 is 0 Å². The second-order valence-corrected chi connectivity index (χ2v) is 9.43. The van der Waals surface area contributed by atoms with Gasteiger partial charge in [-0.15, -0.1) is 11.3 Å². The lowest BCUT2D eigenvalue weighted by molar-refractivity contribution is 1.08. The maximum absolute atomic E-state index is 4.92. The fraction of sp³-hybridized carbons (Fsp3) is 0. The summed E-state index contributed by atoms with van der Waals surface area (Å²) >= 11 is 5.49. The van der Waals surface area contributed by atoms with Gasteiger partial charge < -0.3 is 0 Å². The van der Waals surface area contributed by atoms with Crippen LogP contribution in [0.3, 0.4) is 0 Å². The molecule has 0 radical (unpaired) electrons. The van der Waals surface area contributed by atoms with Crippen LogP contribution in [0.5, 0.6) is 0 Å². The van der Waals surface area contributed by atoms with Crippen LogP contribution in [0.15, 0.2) is 102 Å². The third-order valence-corrected chi connectivity index (χ3v) is 7.06. The third kappa shape index (κ3) is 3.40. The van der Waals surface area contributed by atoms with E-state index in [4.69, 9.17) is 15.0 Å². The second kappa shape index (κ2) is 7.93. The Morgan fingerprint density at radius 1 is 0.562 bits per heavy atom. The fourth-order valence-electron chi connectivity index (χ4n) is 3.89. The maximum Gasteiger partial charge on any atom is 0.165 e. The Kier molecular flexibility index (Phi) is 4.78. The number of thiophene rings is 1. The van der Waals surface area contributed by atoms with Gasteiger partial charge in [-0.2, -0.15) is 0 Å². The van der Waals surface area contributed by atoms with Gasteiger partial charge in [0, 0.05) is 41.3 Å². The molecule has 4 aromatic carbocycles. The highest BCUT2D eigenvalue weighted by Crippen LogP contribution is 2.41. The SMILES string of the molecule is Brc1cc(-c2nc(-c3ccccc3)nc(-c3ccccc3)n2)c2sc3ccccc3c2c1. The lowest BCUT2D eigenvalue weighted by atomic mass is 10.1. The summed E-state index contributed by atoms with van der Waals surface area (Å²) in [6.45, 7) is 0.